The molecule has 0 heterocycles. The molecule has 0 fully saturated rings. The third-order valence-electron chi connectivity index (χ3n) is 3.08. The SMILES string of the molecule is COc1c(N)cccc1-c1ccc(C(=O)OC(C)(C)C)cc1. The van der Waals surface area contributed by atoms with Crippen molar-refractivity contribution >= 4 is 11.7 Å². The third-order valence-corrected chi connectivity index (χ3v) is 3.08. The predicted octanol–water partition coefficient (Wildman–Crippen LogP) is 3.90. The molecule has 0 saturated carbocycles. The molecule has 0 unspecified atom stereocenters. The summed E-state index contributed by atoms with van der Waals surface area (Å²) in [4.78, 5) is 12.0. The van der Waals surface area contributed by atoms with Crippen LogP contribution >= 0.6 is 0 Å². The highest BCUT2D eigenvalue weighted by Crippen LogP contribution is 2.34. The van der Waals surface area contributed by atoms with Gasteiger partial charge in [0.15, 0.2) is 0 Å². The van der Waals surface area contributed by atoms with Crippen LogP contribution < -0.4 is 10.5 Å². The molecular formula is C18H21NO3. The van der Waals surface area contributed by atoms with Crippen molar-refractivity contribution in [2.75, 3.05) is 12.8 Å². The Morgan fingerprint density at radius 2 is 1.68 bits per heavy atom. The van der Waals surface area contributed by atoms with E-state index in [1.54, 1.807) is 25.3 Å². The first-order valence-electron chi connectivity index (χ1n) is 7.08. The molecule has 0 aliphatic heterocycles. The van der Waals surface area contributed by atoms with Gasteiger partial charge in [-0.3, -0.25) is 0 Å². The molecule has 2 N–H and O–H groups in total. The fourth-order valence-corrected chi connectivity index (χ4v) is 2.13. The molecule has 4 nitrogen and oxygen atoms in total. The Hall–Kier alpha value is -2.49. The van der Waals surface area contributed by atoms with Crippen LogP contribution in [-0.4, -0.2) is 18.7 Å². The number of anilines is 1. The molecule has 0 saturated heterocycles. The topological polar surface area (TPSA) is 61.5 Å². The predicted molar refractivity (Wildman–Crippen MR) is 88.0 cm³/mol. The van der Waals surface area contributed by atoms with E-state index in [1.807, 2.05) is 45.0 Å². The van der Waals surface area contributed by atoms with Crippen LogP contribution in [0.25, 0.3) is 11.1 Å². The van der Waals surface area contributed by atoms with E-state index >= 15 is 0 Å². The average molecular weight is 299 g/mol. The fourth-order valence-electron chi connectivity index (χ4n) is 2.13. The zero-order valence-corrected chi connectivity index (χ0v) is 13.3. The summed E-state index contributed by atoms with van der Waals surface area (Å²) in [6, 6.07) is 12.8. The van der Waals surface area contributed by atoms with Crippen LogP contribution in [0.15, 0.2) is 42.5 Å². The van der Waals surface area contributed by atoms with Gasteiger partial charge in [-0.25, -0.2) is 4.79 Å². The van der Waals surface area contributed by atoms with Gasteiger partial charge >= 0.3 is 5.97 Å². The second-order valence-corrected chi connectivity index (χ2v) is 6.01. The van der Waals surface area contributed by atoms with Crippen molar-refractivity contribution < 1.29 is 14.3 Å². The molecular weight excluding hydrogens is 278 g/mol. The summed E-state index contributed by atoms with van der Waals surface area (Å²) in [6.07, 6.45) is 0. The van der Waals surface area contributed by atoms with Gasteiger partial charge < -0.3 is 15.2 Å². The Kier molecular flexibility index (Phi) is 4.40. The third kappa shape index (κ3) is 3.58. The van der Waals surface area contributed by atoms with Gasteiger partial charge in [-0.1, -0.05) is 24.3 Å². The quantitative estimate of drug-likeness (QED) is 0.689. The minimum absolute atomic E-state index is 0.335. The summed E-state index contributed by atoms with van der Waals surface area (Å²) in [6.45, 7) is 5.53. The Bertz CT molecular complexity index is 670. The molecule has 0 bridgehead atoms. The molecule has 0 aliphatic carbocycles. The zero-order chi connectivity index (χ0) is 16.3. The van der Waals surface area contributed by atoms with Crippen LogP contribution in [-0.2, 0) is 4.74 Å². The minimum atomic E-state index is -0.507. The van der Waals surface area contributed by atoms with E-state index in [-0.39, 0.29) is 5.97 Å². The first-order chi connectivity index (χ1) is 10.3. The molecule has 0 atom stereocenters. The smallest absolute Gasteiger partial charge is 0.338 e. The molecule has 0 aliphatic rings. The Balaban J connectivity index is 2.30. The van der Waals surface area contributed by atoms with E-state index in [2.05, 4.69) is 0 Å². The highest BCUT2D eigenvalue weighted by molar-refractivity contribution is 5.90. The maximum Gasteiger partial charge on any atom is 0.338 e. The second-order valence-electron chi connectivity index (χ2n) is 6.01. The number of hydrogen-bond acceptors (Lipinski definition) is 4. The van der Waals surface area contributed by atoms with Gasteiger partial charge in [-0.05, 0) is 44.5 Å². The number of benzene rings is 2. The molecule has 2 rings (SSSR count). The number of hydrogen-bond donors (Lipinski definition) is 1. The number of carbonyl (C=O) groups is 1. The highest BCUT2D eigenvalue weighted by Gasteiger charge is 2.18. The van der Waals surface area contributed by atoms with Crippen molar-refractivity contribution in [1.29, 1.82) is 0 Å². The van der Waals surface area contributed by atoms with Crippen LogP contribution in [0.4, 0.5) is 5.69 Å². The van der Waals surface area contributed by atoms with E-state index in [1.165, 1.54) is 0 Å². The van der Waals surface area contributed by atoms with Gasteiger partial charge in [-0.15, -0.1) is 0 Å². The summed E-state index contributed by atoms with van der Waals surface area (Å²) in [5.41, 5.74) is 8.32. The van der Waals surface area contributed by atoms with Gasteiger partial charge in [0.05, 0.1) is 18.4 Å². The zero-order valence-electron chi connectivity index (χ0n) is 13.3. The van der Waals surface area contributed by atoms with Gasteiger partial charge in [0, 0.05) is 5.56 Å². The van der Waals surface area contributed by atoms with Crippen molar-refractivity contribution in [2.24, 2.45) is 0 Å². The number of ether oxygens (including phenoxy) is 2. The summed E-state index contributed by atoms with van der Waals surface area (Å²) >= 11 is 0. The van der Waals surface area contributed by atoms with E-state index in [0.717, 1.165) is 11.1 Å². The lowest BCUT2D eigenvalue weighted by molar-refractivity contribution is 0.00696. The van der Waals surface area contributed by atoms with Gasteiger partial charge in [0.2, 0.25) is 0 Å². The molecule has 4 heteroatoms. The van der Waals surface area contributed by atoms with Crippen LogP contribution in [0, 0.1) is 0 Å². The summed E-state index contributed by atoms with van der Waals surface area (Å²) in [5.74, 6) is 0.297. The van der Waals surface area contributed by atoms with E-state index < -0.39 is 5.60 Å². The van der Waals surface area contributed by atoms with Crippen molar-refractivity contribution in [3.8, 4) is 16.9 Å². The largest absolute Gasteiger partial charge is 0.494 e. The van der Waals surface area contributed by atoms with Crippen molar-refractivity contribution in [3.05, 3.63) is 48.0 Å². The van der Waals surface area contributed by atoms with E-state index in [9.17, 15) is 4.79 Å². The number of esters is 1. The standard InChI is InChI=1S/C18H21NO3/c1-18(2,3)22-17(20)13-10-8-12(9-11-13)14-6-5-7-15(19)16(14)21-4/h5-11H,19H2,1-4H3. The van der Waals surface area contributed by atoms with Gasteiger partial charge in [0.1, 0.15) is 11.4 Å². The summed E-state index contributed by atoms with van der Waals surface area (Å²) in [5, 5.41) is 0. The van der Waals surface area contributed by atoms with E-state index in [0.29, 0.717) is 17.0 Å². The lowest BCUT2D eigenvalue weighted by Gasteiger charge is -2.19. The van der Waals surface area contributed by atoms with Crippen molar-refractivity contribution in [3.63, 3.8) is 0 Å². The molecule has 22 heavy (non-hydrogen) atoms. The molecule has 0 spiro atoms. The first kappa shape index (κ1) is 15.9. The number of rotatable bonds is 3. The highest BCUT2D eigenvalue weighted by atomic mass is 16.6. The van der Waals surface area contributed by atoms with Gasteiger partial charge in [-0.2, -0.15) is 0 Å². The normalized spacial score (nSPS) is 11.1. The number of nitrogen functional groups attached to an aromatic ring is 1. The van der Waals surface area contributed by atoms with Crippen LogP contribution in [0.1, 0.15) is 31.1 Å². The lowest BCUT2D eigenvalue weighted by Crippen LogP contribution is -2.23. The molecule has 116 valence electrons. The van der Waals surface area contributed by atoms with Gasteiger partial charge in [0.25, 0.3) is 0 Å². The molecule has 0 aromatic heterocycles. The van der Waals surface area contributed by atoms with E-state index in [4.69, 9.17) is 15.2 Å². The maximum atomic E-state index is 12.0. The monoisotopic (exact) mass is 299 g/mol. The number of carbonyl (C=O) groups excluding carboxylic acids is 1. The van der Waals surface area contributed by atoms with Crippen LogP contribution in [0.3, 0.4) is 0 Å². The van der Waals surface area contributed by atoms with Crippen LogP contribution in [0.2, 0.25) is 0 Å². The van der Waals surface area contributed by atoms with Crippen molar-refractivity contribution in [1.82, 2.24) is 0 Å². The molecule has 0 radical (unpaired) electrons. The van der Waals surface area contributed by atoms with Crippen LogP contribution in [0.5, 0.6) is 5.75 Å². The second kappa shape index (κ2) is 6.10. The number of methoxy groups -OCH3 is 1. The number of nitrogens with two attached hydrogens (primary N) is 1. The van der Waals surface area contributed by atoms with Crippen molar-refractivity contribution in [2.45, 2.75) is 26.4 Å². The summed E-state index contributed by atoms with van der Waals surface area (Å²) < 4.78 is 10.7. The fraction of sp³-hybridized carbons (Fsp3) is 0.278. The minimum Gasteiger partial charge on any atom is -0.494 e. The molecule has 0 amide bonds. The maximum absolute atomic E-state index is 12.0. The molecule has 2 aromatic carbocycles. The Morgan fingerprint density at radius 3 is 2.23 bits per heavy atom. The Labute approximate surface area is 130 Å². The Morgan fingerprint density at radius 1 is 1.05 bits per heavy atom. The first-order valence-corrected chi connectivity index (χ1v) is 7.08. The number of para-hydroxylation sites is 1. The average Bonchev–Trinajstić information content (AvgIpc) is 2.45. The summed E-state index contributed by atoms with van der Waals surface area (Å²) in [7, 11) is 1.59. The molecule has 2 aromatic rings. The lowest BCUT2D eigenvalue weighted by atomic mass is 10.0.